The topological polar surface area (TPSA) is 107 Å². The molecule has 0 fully saturated rings. The van der Waals surface area contributed by atoms with Crippen molar-refractivity contribution < 1.29 is 9.72 Å². The molecular weight excluding hydrogens is 384 g/mol. The van der Waals surface area contributed by atoms with Gasteiger partial charge in [0.25, 0.3) is 11.2 Å². The van der Waals surface area contributed by atoms with Crippen molar-refractivity contribution in [2.45, 2.75) is 13.5 Å². The largest absolute Gasteiger partial charge is 0.324 e. The van der Waals surface area contributed by atoms with E-state index in [-0.39, 0.29) is 12.2 Å². The predicted octanol–water partition coefficient (Wildman–Crippen LogP) is 3.42. The van der Waals surface area contributed by atoms with Gasteiger partial charge in [-0.15, -0.1) is 0 Å². The lowest BCUT2D eigenvalue weighted by molar-refractivity contribution is -0.384. The van der Waals surface area contributed by atoms with Crippen molar-refractivity contribution in [1.82, 2.24) is 9.55 Å². The van der Waals surface area contributed by atoms with Crippen molar-refractivity contribution in [3.63, 3.8) is 0 Å². The van der Waals surface area contributed by atoms with Crippen molar-refractivity contribution in [2.75, 3.05) is 5.32 Å². The normalized spacial score (nSPS) is 10.5. The number of hydrogen-bond acceptors (Lipinski definition) is 5. The fourth-order valence-corrected chi connectivity index (χ4v) is 2.65. The van der Waals surface area contributed by atoms with Gasteiger partial charge in [0.2, 0.25) is 5.91 Å². The summed E-state index contributed by atoms with van der Waals surface area (Å²) >= 11 is 5.85. The summed E-state index contributed by atoms with van der Waals surface area (Å²) in [5.41, 5.74) is 1.65. The monoisotopic (exact) mass is 398 g/mol. The van der Waals surface area contributed by atoms with E-state index in [0.717, 1.165) is 10.1 Å². The molecule has 2 aromatic carbocycles. The number of nitrogens with one attached hydrogen (secondary N) is 1. The minimum atomic E-state index is -0.543. The van der Waals surface area contributed by atoms with Crippen molar-refractivity contribution in [3.8, 4) is 11.3 Å². The van der Waals surface area contributed by atoms with E-state index in [9.17, 15) is 19.7 Å². The summed E-state index contributed by atoms with van der Waals surface area (Å²) in [5.74, 6) is -0.494. The smallest absolute Gasteiger partial charge is 0.271 e. The van der Waals surface area contributed by atoms with Gasteiger partial charge in [-0.2, -0.15) is 0 Å². The molecule has 0 unspecified atom stereocenters. The number of benzene rings is 2. The van der Waals surface area contributed by atoms with Crippen LogP contribution >= 0.6 is 11.6 Å². The number of amides is 1. The van der Waals surface area contributed by atoms with Crippen molar-refractivity contribution in [1.29, 1.82) is 0 Å². The summed E-state index contributed by atoms with van der Waals surface area (Å²) in [6.07, 6.45) is 1.28. The molecule has 28 heavy (non-hydrogen) atoms. The van der Waals surface area contributed by atoms with E-state index in [1.165, 1.54) is 24.5 Å². The van der Waals surface area contributed by atoms with Crippen molar-refractivity contribution >= 4 is 28.9 Å². The number of nitro groups is 1. The molecule has 0 aliphatic carbocycles. The van der Waals surface area contributed by atoms with Gasteiger partial charge in [0.05, 0.1) is 22.6 Å². The summed E-state index contributed by atoms with van der Waals surface area (Å²) in [6.45, 7) is 1.45. The summed E-state index contributed by atoms with van der Waals surface area (Å²) in [4.78, 5) is 39.1. The number of anilines is 1. The number of carbonyl (C=O) groups excluding carboxylic acids is 1. The number of rotatable bonds is 5. The van der Waals surface area contributed by atoms with Gasteiger partial charge in [-0.3, -0.25) is 24.3 Å². The maximum Gasteiger partial charge on any atom is 0.271 e. The molecule has 3 aromatic rings. The van der Waals surface area contributed by atoms with Crippen LogP contribution in [0.1, 0.15) is 5.56 Å². The van der Waals surface area contributed by atoms with Gasteiger partial charge in [0, 0.05) is 28.8 Å². The van der Waals surface area contributed by atoms with E-state index in [2.05, 4.69) is 10.3 Å². The number of aryl methyl sites for hydroxylation is 1. The lowest BCUT2D eigenvalue weighted by atomic mass is 10.1. The highest BCUT2D eigenvalue weighted by atomic mass is 35.5. The molecule has 0 saturated carbocycles. The van der Waals surface area contributed by atoms with Crippen LogP contribution in [0.5, 0.6) is 0 Å². The number of non-ortho nitro benzene ring substituents is 1. The number of carbonyl (C=O) groups is 1. The van der Waals surface area contributed by atoms with Crippen LogP contribution in [-0.4, -0.2) is 20.4 Å². The second-order valence-corrected chi connectivity index (χ2v) is 6.49. The van der Waals surface area contributed by atoms with Crippen LogP contribution in [0.25, 0.3) is 11.3 Å². The molecule has 0 aliphatic rings. The van der Waals surface area contributed by atoms with Crippen LogP contribution in [0, 0.1) is 17.0 Å². The maximum atomic E-state index is 12.3. The molecule has 9 heteroatoms. The summed E-state index contributed by atoms with van der Waals surface area (Å²) in [6, 6.07) is 12.4. The molecule has 1 heterocycles. The second kappa shape index (κ2) is 8.01. The van der Waals surface area contributed by atoms with E-state index >= 15 is 0 Å². The molecule has 0 bridgehead atoms. The highest BCUT2D eigenvalue weighted by Crippen LogP contribution is 2.22. The summed E-state index contributed by atoms with van der Waals surface area (Å²) in [5, 5.41) is 14.0. The van der Waals surface area contributed by atoms with E-state index in [1.807, 2.05) is 0 Å². The first-order chi connectivity index (χ1) is 13.3. The third-order valence-corrected chi connectivity index (χ3v) is 4.29. The zero-order valence-electron chi connectivity index (χ0n) is 14.8. The lowest BCUT2D eigenvalue weighted by Crippen LogP contribution is -2.27. The van der Waals surface area contributed by atoms with Crippen LogP contribution < -0.4 is 10.9 Å². The predicted molar refractivity (Wildman–Crippen MR) is 105 cm³/mol. The van der Waals surface area contributed by atoms with E-state index in [0.29, 0.717) is 22.0 Å². The van der Waals surface area contributed by atoms with Gasteiger partial charge in [-0.05, 0) is 24.6 Å². The zero-order valence-corrected chi connectivity index (χ0v) is 15.5. The van der Waals surface area contributed by atoms with Crippen LogP contribution in [-0.2, 0) is 11.3 Å². The van der Waals surface area contributed by atoms with Crippen LogP contribution in [0.4, 0.5) is 11.4 Å². The Morgan fingerprint density at radius 2 is 1.93 bits per heavy atom. The lowest BCUT2D eigenvalue weighted by Gasteiger charge is -2.10. The molecule has 0 atom stereocenters. The molecular formula is C19H15ClN4O4. The first-order valence-corrected chi connectivity index (χ1v) is 8.58. The van der Waals surface area contributed by atoms with Crippen LogP contribution in [0.3, 0.4) is 0 Å². The van der Waals surface area contributed by atoms with Gasteiger partial charge >= 0.3 is 0 Å². The average Bonchev–Trinajstić information content (AvgIpc) is 2.65. The quantitative estimate of drug-likeness (QED) is 0.523. The first-order valence-electron chi connectivity index (χ1n) is 8.21. The third kappa shape index (κ3) is 4.41. The molecule has 1 aromatic heterocycles. The summed E-state index contributed by atoms with van der Waals surface area (Å²) < 4.78 is 1.15. The Hall–Kier alpha value is -3.52. The Bertz CT molecular complexity index is 1110. The maximum absolute atomic E-state index is 12.3. The van der Waals surface area contributed by atoms with Crippen molar-refractivity contribution in [2.24, 2.45) is 0 Å². The average molecular weight is 399 g/mol. The number of aromatic nitrogens is 2. The minimum absolute atomic E-state index is 0.132. The van der Waals surface area contributed by atoms with E-state index in [1.54, 1.807) is 37.3 Å². The highest BCUT2D eigenvalue weighted by molar-refractivity contribution is 6.30. The zero-order chi connectivity index (χ0) is 20.3. The van der Waals surface area contributed by atoms with Crippen LogP contribution in [0.15, 0.2) is 59.7 Å². The molecule has 0 radical (unpaired) electrons. The van der Waals surface area contributed by atoms with Gasteiger partial charge < -0.3 is 5.32 Å². The van der Waals surface area contributed by atoms with Crippen molar-refractivity contribution in [3.05, 3.63) is 85.9 Å². The Morgan fingerprint density at radius 1 is 1.21 bits per heavy atom. The Labute approximate surface area is 164 Å². The molecule has 8 nitrogen and oxygen atoms in total. The standard InChI is InChI=1S/C19H15ClN4O4/c1-12-2-7-15(24(27)28)8-16(12)22-18(25)10-23-11-21-17(9-19(23)26)13-3-5-14(20)6-4-13/h2-9,11H,10H2,1H3,(H,22,25). The van der Waals surface area contributed by atoms with Gasteiger partial charge in [-0.1, -0.05) is 29.8 Å². The molecule has 0 aliphatic heterocycles. The van der Waals surface area contributed by atoms with E-state index in [4.69, 9.17) is 11.6 Å². The first kappa shape index (κ1) is 19.2. The molecule has 1 amide bonds. The number of halogens is 1. The number of hydrogen-bond donors (Lipinski definition) is 1. The molecule has 0 saturated heterocycles. The fraction of sp³-hybridized carbons (Fsp3) is 0.105. The second-order valence-electron chi connectivity index (χ2n) is 6.05. The van der Waals surface area contributed by atoms with Gasteiger partial charge in [-0.25, -0.2) is 4.98 Å². The Balaban J connectivity index is 1.76. The molecule has 142 valence electrons. The highest BCUT2D eigenvalue weighted by Gasteiger charge is 2.12. The fourth-order valence-electron chi connectivity index (χ4n) is 2.53. The van der Waals surface area contributed by atoms with Crippen LogP contribution in [0.2, 0.25) is 5.02 Å². The minimum Gasteiger partial charge on any atom is -0.324 e. The van der Waals surface area contributed by atoms with E-state index < -0.39 is 16.4 Å². The Morgan fingerprint density at radius 3 is 2.57 bits per heavy atom. The van der Waals surface area contributed by atoms with Gasteiger partial charge in [0.15, 0.2) is 0 Å². The Kier molecular flexibility index (Phi) is 5.51. The SMILES string of the molecule is Cc1ccc([N+](=O)[O-])cc1NC(=O)Cn1cnc(-c2ccc(Cl)cc2)cc1=O. The number of nitrogens with zero attached hydrogens (tertiary/aromatic N) is 3. The molecule has 0 spiro atoms. The molecule has 3 rings (SSSR count). The van der Waals surface area contributed by atoms with Gasteiger partial charge in [0.1, 0.15) is 6.54 Å². The third-order valence-electron chi connectivity index (χ3n) is 4.04. The number of nitro benzene ring substituents is 1. The molecule has 1 N–H and O–H groups in total. The summed E-state index contributed by atoms with van der Waals surface area (Å²) in [7, 11) is 0.